The SMILES string of the molecule is Nc1cccc(N2CC(CO)CC2=O)n1. The lowest BCUT2D eigenvalue weighted by Crippen LogP contribution is -2.26. The number of pyridine rings is 1. The minimum atomic E-state index is -0.00727. The molecule has 2 rings (SSSR count). The van der Waals surface area contributed by atoms with Crippen LogP contribution in [0, 0.1) is 5.92 Å². The second-order valence-corrected chi connectivity index (χ2v) is 3.68. The van der Waals surface area contributed by atoms with Gasteiger partial charge in [0.15, 0.2) is 0 Å². The fraction of sp³-hybridized carbons (Fsp3) is 0.400. The van der Waals surface area contributed by atoms with E-state index in [-0.39, 0.29) is 18.4 Å². The van der Waals surface area contributed by atoms with Crippen LogP contribution in [0.1, 0.15) is 6.42 Å². The Labute approximate surface area is 87.5 Å². The van der Waals surface area contributed by atoms with Gasteiger partial charge < -0.3 is 10.8 Å². The zero-order valence-corrected chi connectivity index (χ0v) is 8.26. The number of nitrogen functional groups attached to an aromatic ring is 1. The highest BCUT2D eigenvalue weighted by Crippen LogP contribution is 2.23. The van der Waals surface area contributed by atoms with E-state index in [9.17, 15) is 4.79 Å². The van der Waals surface area contributed by atoms with Crippen molar-refractivity contribution < 1.29 is 9.90 Å². The van der Waals surface area contributed by atoms with E-state index in [1.54, 1.807) is 23.1 Å². The smallest absolute Gasteiger partial charge is 0.228 e. The quantitative estimate of drug-likeness (QED) is 0.716. The summed E-state index contributed by atoms with van der Waals surface area (Å²) in [6.45, 7) is 0.552. The average Bonchev–Trinajstić information content (AvgIpc) is 2.60. The van der Waals surface area contributed by atoms with E-state index in [0.29, 0.717) is 24.6 Å². The lowest BCUT2D eigenvalue weighted by molar-refractivity contribution is -0.117. The molecule has 1 atom stereocenters. The van der Waals surface area contributed by atoms with E-state index >= 15 is 0 Å². The van der Waals surface area contributed by atoms with Crippen LogP contribution >= 0.6 is 0 Å². The highest BCUT2D eigenvalue weighted by atomic mass is 16.3. The standard InChI is InChI=1S/C10H13N3O2/c11-8-2-1-3-9(12-8)13-5-7(6-14)4-10(13)15/h1-3,7,14H,4-6H2,(H2,11,12). The molecule has 1 aromatic heterocycles. The molecule has 15 heavy (non-hydrogen) atoms. The molecule has 0 aromatic carbocycles. The van der Waals surface area contributed by atoms with Gasteiger partial charge in [-0.15, -0.1) is 0 Å². The Balaban J connectivity index is 2.21. The third kappa shape index (κ3) is 1.92. The number of carbonyl (C=O) groups is 1. The summed E-state index contributed by atoms with van der Waals surface area (Å²) in [7, 11) is 0. The number of anilines is 2. The predicted molar refractivity (Wildman–Crippen MR) is 56.2 cm³/mol. The second kappa shape index (κ2) is 3.86. The predicted octanol–water partition coefficient (Wildman–Crippen LogP) is 0.00900. The summed E-state index contributed by atoms with van der Waals surface area (Å²) in [5, 5.41) is 8.98. The molecule has 5 nitrogen and oxygen atoms in total. The van der Waals surface area contributed by atoms with Crippen molar-refractivity contribution in [1.82, 2.24) is 4.98 Å². The molecule has 1 aliphatic heterocycles. The van der Waals surface area contributed by atoms with Crippen LogP contribution in [0.5, 0.6) is 0 Å². The van der Waals surface area contributed by atoms with Crippen molar-refractivity contribution in [3.05, 3.63) is 18.2 Å². The molecule has 5 heteroatoms. The van der Waals surface area contributed by atoms with Gasteiger partial charge in [-0.1, -0.05) is 6.07 Å². The minimum absolute atomic E-state index is 0.00727. The fourth-order valence-corrected chi connectivity index (χ4v) is 1.72. The van der Waals surface area contributed by atoms with Crippen molar-refractivity contribution in [1.29, 1.82) is 0 Å². The molecule has 80 valence electrons. The lowest BCUT2D eigenvalue weighted by Gasteiger charge is -2.15. The maximum atomic E-state index is 11.6. The van der Waals surface area contributed by atoms with Gasteiger partial charge in [0.2, 0.25) is 5.91 Å². The zero-order chi connectivity index (χ0) is 10.8. The maximum Gasteiger partial charge on any atom is 0.228 e. The molecular formula is C10H13N3O2. The van der Waals surface area contributed by atoms with Crippen LogP contribution in [0.15, 0.2) is 18.2 Å². The number of amides is 1. The number of hydrogen-bond donors (Lipinski definition) is 2. The number of aromatic nitrogens is 1. The van der Waals surface area contributed by atoms with Crippen LogP contribution in [0.2, 0.25) is 0 Å². The van der Waals surface area contributed by atoms with Crippen molar-refractivity contribution in [2.45, 2.75) is 6.42 Å². The van der Waals surface area contributed by atoms with Crippen molar-refractivity contribution in [2.75, 3.05) is 23.8 Å². The maximum absolute atomic E-state index is 11.6. The van der Waals surface area contributed by atoms with E-state index in [1.165, 1.54) is 0 Å². The van der Waals surface area contributed by atoms with E-state index < -0.39 is 0 Å². The second-order valence-electron chi connectivity index (χ2n) is 3.68. The average molecular weight is 207 g/mol. The van der Waals surface area contributed by atoms with E-state index in [1.807, 2.05) is 0 Å². The van der Waals surface area contributed by atoms with Crippen LogP contribution in [0.25, 0.3) is 0 Å². The molecule has 2 heterocycles. The number of aliphatic hydroxyl groups excluding tert-OH is 1. The molecule has 1 fully saturated rings. The van der Waals surface area contributed by atoms with Gasteiger partial charge in [-0.2, -0.15) is 0 Å². The molecule has 0 radical (unpaired) electrons. The first-order valence-electron chi connectivity index (χ1n) is 4.84. The minimum Gasteiger partial charge on any atom is -0.396 e. The molecule has 1 amide bonds. The number of carbonyl (C=O) groups excluding carboxylic acids is 1. The Hall–Kier alpha value is -1.62. The van der Waals surface area contributed by atoms with Gasteiger partial charge in [0.05, 0.1) is 0 Å². The largest absolute Gasteiger partial charge is 0.396 e. The van der Waals surface area contributed by atoms with Crippen LogP contribution in [-0.4, -0.2) is 29.1 Å². The van der Waals surface area contributed by atoms with Crippen molar-refractivity contribution in [3.8, 4) is 0 Å². The molecule has 0 spiro atoms. The van der Waals surface area contributed by atoms with Crippen molar-refractivity contribution in [3.63, 3.8) is 0 Å². The van der Waals surface area contributed by atoms with Gasteiger partial charge in [0.25, 0.3) is 0 Å². The Morgan fingerprint density at radius 3 is 3.00 bits per heavy atom. The third-order valence-electron chi connectivity index (χ3n) is 2.50. The molecule has 1 saturated heterocycles. The van der Waals surface area contributed by atoms with Gasteiger partial charge in [-0.25, -0.2) is 4.98 Å². The van der Waals surface area contributed by atoms with Crippen LogP contribution in [0.3, 0.4) is 0 Å². The summed E-state index contributed by atoms with van der Waals surface area (Å²) in [5.74, 6) is 0.969. The topological polar surface area (TPSA) is 79.5 Å². The molecule has 1 unspecified atom stereocenters. The Kier molecular flexibility index (Phi) is 2.55. The van der Waals surface area contributed by atoms with Gasteiger partial charge in [0, 0.05) is 25.5 Å². The summed E-state index contributed by atoms with van der Waals surface area (Å²) in [6, 6.07) is 5.18. The molecular weight excluding hydrogens is 194 g/mol. The summed E-state index contributed by atoms with van der Waals surface area (Å²) < 4.78 is 0. The summed E-state index contributed by atoms with van der Waals surface area (Å²) in [5.41, 5.74) is 5.54. The third-order valence-corrected chi connectivity index (χ3v) is 2.50. The fourth-order valence-electron chi connectivity index (χ4n) is 1.72. The van der Waals surface area contributed by atoms with E-state index in [2.05, 4.69) is 4.98 Å². The molecule has 0 aliphatic carbocycles. The summed E-state index contributed by atoms with van der Waals surface area (Å²) >= 11 is 0. The van der Waals surface area contributed by atoms with Gasteiger partial charge in [0.1, 0.15) is 11.6 Å². The van der Waals surface area contributed by atoms with E-state index in [0.717, 1.165) is 0 Å². The molecule has 0 saturated carbocycles. The number of nitrogens with two attached hydrogens (primary N) is 1. The van der Waals surface area contributed by atoms with E-state index in [4.69, 9.17) is 10.8 Å². The van der Waals surface area contributed by atoms with Gasteiger partial charge >= 0.3 is 0 Å². The van der Waals surface area contributed by atoms with Gasteiger partial charge in [-0.3, -0.25) is 9.69 Å². The number of rotatable bonds is 2. The molecule has 1 aromatic rings. The first-order valence-corrected chi connectivity index (χ1v) is 4.84. The Bertz CT molecular complexity index is 381. The highest BCUT2D eigenvalue weighted by molar-refractivity contribution is 5.94. The first kappa shape index (κ1) is 9.92. The first-order chi connectivity index (χ1) is 7.20. The van der Waals surface area contributed by atoms with Crippen molar-refractivity contribution >= 4 is 17.5 Å². The van der Waals surface area contributed by atoms with Crippen molar-refractivity contribution in [2.24, 2.45) is 5.92 Å². The number of nitrogens with zero attached hydrogens (tertiary/aromatic N) is 2. The molecule has 0 bridgehead atoms. The van der Waals surface area contributed by atoms with Crippen LogP contribution < -0.4 is 10.6 Å². The Morgan fingerprint density at radius 1 is 1.60 bits per heavy atom. The zero-order valence-electron chi connectivity index (χ0n) is 8.26. The van der Waals surface area contributed by atoms with Crippen LogP contribution in [-0.2, 0) is 4.79 Å². The molecule has 1 aliphatic rings. The van der Waals surface area contributed by atoms with Gasteiger partial charge in [-0.05, 0) is 12.1 Å². The summed E-state index contributed by atoms with van der Waals surface area (Å²) in [4.78, 5) is 17.2. The number of hydrogen-bond acceptors (Lipinski definition) is 4. The number of aliphatic hydroxyl groups is 1. The Morgan fingerprint density at radius 2 is 2.40 bits per heavy atom. The van der Waals surface area contributed by atoms with Crippen LogP contribution in [0.4, 0.5) is 11.6 Å². The normalized spacial score (nSPS) is 21.0. The summed E-state index contributed by atoms with van der Waals surface area (Å²) in [6.07, 6.45) is 0.382. The monoisotopic (exact) mass is 207 g/mol. The lowest BCUT2D eigenvalue weighted by atomic mass is 10.1. The molecule has 3 N–H and O–H groups in total. The highest BCUT2D eigenvalue weighted by Gasteiger charge is 2.30.